The van der Waals surface area contributed by atoms with Crippen LogP contribution in [0.3, 0.4) is 0 Å². The second-order valence-electron chi connectivity index (χ2n) is 10.7. The molecule has 3 aromatic rings. The molecule has 186 valence electrons. The molecule has 0 amide bonds. The van der Waals surface area contributed by atoms with Gasteiger partial charge in [-0.05, 0) is 58.7 Å². The minimum atomic E-state index is -0.218. The molecule has 5 rings (SSSR count). The molecule has 5 heteroatoms. The van der Waals surface area contributed by atoms with Crippen molar-refractivity contribution in [2.45, 2.75) is 51.0 Å². The molecule has 0 spiro atoms. The van der Waals surface area contributed by atoms with E-state index in [1.807, 2.05) is 30.3 Å². The van der Waals surface area contributed by atoms with E-state index >= 15 is 0 Å². The van der Waals surface area contributed by atoms with Crippen LogP contribution in [0.1, 0.15) is 62.3 Å². The SMILES string of the molecule is COc1ccc(C2CC(=O)C3=C(C2)Nc2ccccc2NC3c2ccc(C(C)(C)C)cc2)cc1OC. The van der Waals surface area contributed by atoms with E-state index < -0.39 is 0 Å². The molecule has 5 nitrogen and oxygen atoms in total. The molecule has 0 bridgehead atoms. The summed E-state index contributed by atoms with van der Waals surface area (Å²) in [5.74, 6) is 1.58. The van der Waals surface area contributed by atoms with Crippen LogP contribution in [0.25, 0.3) is 0 Å². The quantitative estimate of drug-likeness (QED) is 0.420. The molecule has 0 radical (unpaired) electrons. The molecule has 1 heterocycles. The number of nitrogens with one attached hydrogen (secondary N) is 2. The van der Waals surface area contributed by atoms with Gasteiger partial charge in [-0.25, -0.2) is 0 Å². The number of allylic oxidation sites excluding steroid dienone is 1. The number of carbonyl (C=O) groups excluding carboxylic acids is 1. The monoisotopic (exact) mass is 482 g/mol. The number of anilines is 2. The molecule has 2 unspecified atom stereocenters. The second kappa shape index (κ2) is 9.38. The number of rotatable bonds is 4. The Balaban J connectivity index is 1.56. The van der Waals surface area contributed by atoms with Crippen molar-refractivity contribution < 1.29 is 14.3 Å². The van der Waals surface area contributed by atoms with Gasteiger partial charge in [-0.2, -0.15) is 0 Å². The van der Waals surface area contributed by atoms with Gasteiger partial charge in [0.05, 0.1) is 31.6 Å². The molecule has 2 atom stereocenters. The van der Waals surface area contributed by atoms with Crippen LogP contribution in [-0.2, 0) is 10.2 Å². The van der Waals surface area contributed by atoms with Crippen LogP contribution in [0.2, 0.25) is 0 Å². The minimum Gasteiger partial charge on any atom is -0.493 e. The summed E-state index contributed by atoms with van der Waals surface area (Å²) in [6.45, 7) is 6.64. The molecule has 2 aliphatic rings. The van der Waals surface area contributed by atoms with Crippen molar-refractivity contribution in [2.75, 3.05) is 24.9 Å². The first kappa shape index (κ1) is 24.0. The summed E-state index contributed by atoms with van der Waals surface area (Å²) in [4.78, 5) is 13.8. The van der Waals surface area contributed by atoms with Gasteiger partial charge >= 0.3 is 0 Å². The zero-order valence-electron chi connectivity index (χ0n) is 21.6. The maximum atomic E-state index is 13.8. The molecule has 1 aliphatic heterocycles. The maximum Gasteiger partial charge on any atom is 0.163 e. The number of methoxy groups -OCH3 is 2. The number of carbonyl (C=O) groups is 1. The third-order valence-corrected chi connectivity index (χ3v) is 7.30. The molecule has 3 aromatic carbocycles. The molecular weight excluding hydrogens is 448 g/mol. The number of hydrogen-bond acceptors (Lipinski definition) is 5. The summed E-state index contributed by atoms with van der Waals surface area (Å²) in [6, 6.07) is 22.6. The smallest absolute Gasteiger partial charge is 0.163 e. The largest absolute Gasteiger partial charge is 0.493 e. The standard InChI is InChI=1S/C31H34N2O3/c1-31(2,3)22-13-10-19(11-14-22)30-29-25(32-23-8-6-7-9-24(23)33-30)16-21(17-26(29)34)20-12-15-27(35-4)28(18-20)36-5/h6-15,18,21,30,32-33H,16-17H2,1-5H3. The third kappa shape index (κ3) is 4.46. The summed E-state index contributed by atoms with van der Waals surface area (Å²) >= 11 is 0. The van der Waals surface area contributed by atoms with Crippen LogP contribution in [0, 0.1) is 0 Å². The van der Waals surface area contributed by atoms with E-state index in [0.29, 0.717) is 17.9 Å². The van der Waals surface area contributed by atoms with Crippen LogP contribution in [-0.4, -0.2) is 20.0 Å². The first-order valence-electron chi connectivity index (χ1n) is 12.5. The van der Waals surface area contributed by atoms with Gasteiger partial charge in [0.2, 0.25) is 0 Å². The van der Waals surface area contributed by atoms with Gasteiger partial charge in [-0.3, -0.25) is 4.79 Å². The first-order chi connectivity index (χ1) is 17.3. The summed E-state index contributed by atoms with van der Waals surface area (Å²) in [7, 11) is 3.27. The normalized spacial score (nSPS) is 19.4. The van der Waals surface area contributed by atoms with Gasteiger partial charge in [0.1, 0.15) is 0 Å². The van der Waals surface area contributed by atoms with Gasteiger partial charge in [0, 0.05) is 17.7 Å². The highest BCUT2D eigenvalue weighted by Gasteiger charge is 2.36. The van der Waals surface area contributed by atoms with E-state index in [0.717, 1.165) is 40.2 Å². The first-order valence-corrected chi connectivity index (χ1v) is 12.5. The van der Waals surface area contributed by atoms with Crippen LogP contribution >= 0.6 is 0 Å². The van der Waals surface area contributed by atoms with Crippen LogP contribution < -0.4 is 20.1 Å². The lowest BCUT2D eigenvalue weighted by atomic mass is 9.78. The zero-order valence-corrected chi connectivity index (χ0v) is 21.6. The lowest BCUT2D eigenvalue weighted by molar-refractivity contribution is -0.116. The Labute approximate surface area is 213 Å². The Morgan fingerprint density at radius 2 is 1.47 bits per heavy atom. The summed E-state index contributed by atoms with van der Waals surface area (Å²) in [5, 5.41) is 7.29. The topological polar surface area (TPSA) is 59.6 Å². The van der Waals surface area contributed by atoms with Crippen molar-refractivity contribution in [3.8, 4) is 11.5 Å². The van der Waals surface area contributed by atoms with E-state index in [4.69, 9.17) is 9.47 Å². The fraction of sp³-hybridized carbons (Fsp3) is 0.323. The number of benzene rings is 3. The summed E-state index contributed by atoms with van der Waals surface area (Å²) < 4.78 is 10.9. The Morgan fingerprint density at radius 3 is 2.14 bits per heavy atom. The fourth-order valence-electron chi connectivity index (χ4n) is 5.26. The molecule has 2 N–H and O–H groups in total. The van der Waals surface area contributed by atoms with Crippen LogP contribution in [0.4, 0.5) is 11.4 Å². The number of ether oxygens (including phenoxy) is 2. The van der Waals surface area contributed by atoms with Gasteiger partial charge in [-0.1, -0.05) is 63.2 Å². The number of ketones is 1. The van der Waals surface area contributed by atoms with Crippen molar-refractivity contribution >= 4 is 17.2 Å². The van der Waals surface area contributed by atoms with Gasteiger partial charge in [-0.15, -0.1) is 0 Å². The predicted octanol–water partition coefficient (Wildman–Crippen LogP) is 6.98. The molecule has 0 saturated heterocycles. The third-order valence-electron chi connectivity index (χ3n) is 7.30. The van der Waals surface area contributed by atoms with E-state index in [9.17, 15) is 4.79 Å². The molecule has 36 heavy (non-hydrogen) atoms. The predicted molar refractivity (Wildman–Crippen MR) is 145 cm³/mol. The fourth-order valence-corrected chi connectivity index (χ4v) is 5.26. The highest BCUT2D eigenvalue weighted by atomic mass is 16.5. The summed E-state index contributed by atoms with van der Waals surface area (Å²) in [6.07, 6.45) is 1.19. The van der Waals surface area contributed by atoms with Crippen LogP contribution in [0.15, 0.2) is 78.0 Å². The lowest BCUT2D eigenvalue weighted by Crippen LogP contribution is -2.27. The second-order valence-corrected chi connectivity index (χ2v) is 10.7. The van der Waals surface area contributed by atoms with Gasteiger partial charge < -0.3 is 20.1 Å². The molecule has 0 saturated carbocycles. The minimum absolute atomic E-state index is 0.0535. The number of fused-ring (bicyclic) bond motifs is 1. The number of Topliss-reactive ketones (excluding diaryl/α,β-unsaturated/α-hetero) is 1. The summed E-state index contributed by atoms with van der Waals surface area (Å²) in [5.41, 5.74) is 7.29. The average molecular weight is 483 g/mol. The van der Waals surface area contributed by atoms with Crippen molar-refractivity contribution in [3.05, 3.63) is 94.7 Å². The molecular formula is C31H34N2O3. The molecule has 1 aliphatic carbocycles. The van der Waals surface area contributed by atoms with Gasteiger partial charge in [0.15, 0.2) is 17.3 Å². The highest BCUT2D eigenvalue weighted by molar-refractivity contribution is 6.01. The zero-order chi connectivity index (χ0) is 25.4. The van der Waals surface area contributed by atoms with Crippen molar-refractivity contribution in [1.82, 2.24) is 0 Å². The van der Waals surface area contributed by atoms with Crippen molar-refractivity contribution in [1.29, 1.82) is 0 Å². The van der Waals surface area contributed by atoms with Crippen molar-refractivity contribution in [2.24, 2.45) is 0 Å². The van der Waals surface area contributed by atoms with E-state index in [2.05, 4.69) is 67.8 Å². The Kier molecular flexibility index (Phi) is 6.25. The highest BCUT2D eigenvalue weighted by Crippen LogP contribution is 2.45. The Morgan fingerprint density at radius 1 is 0.806 bits per heavy atom. The van der Waals surface area contributed by atoms with Crippen molar-refractivity contribution in [3.63, 3.8) is 0 Å². The Hall–Kier alpha value is -3.73. The number of para-hydroxylation sites is 2. The molecule has 0 fully saturated rings. The van der Waals surface area contributed by atoms with Gasteiger partial charge in [0.25, 0.3) is 0 Å². The van der Waals surface area contributed by atoms with Crippen LogP contribution in [0.5, 0.6) is 11.5 Å². The maximum absolute atomic E-state index is 13.8. The van der Waals surface area contributed by atoms with E-state index in [-0.39, 0.29) is 23.2 Å². The number of hydrogen-bond donors (Lipinski definition) is 2. The average Bonchev–Trinajstić information content (AvgIpc) is 3.04. The van der Waals surface area contributed by atoms with E-state index in [1.165, 1.54) is 5.56 Å². The van der Waals surface area contributed by atoms with E-state index in [1.54, 1.807) is 14.2 Å². The Bertz CT molecular complexity index is 1320. The molecule has 0 aromatic heterocycles. The lowest BCUT2D eigenvalue weighted by Gasteiger charge is -2.30.